The largest absolute Gasteiger partial charge is 1.00 e. The smallest absolute Gasteiger partial charge is 0.290 e. The molecule has 0 fully saturated rings. The van der Waals surface area contributed by atoms with Crippen molar-refractivity contribution in [1.29, 1.82) is 0 Å². The van der Waals surface area contributed by atoms with E-state index in [2.05, 4.69) is 99.1 Å². The highest BCUT2D eigenvalue weighted by Crippen LogP contribution is 2.29. The van der Waals surface area contributed by atoms with Crippen LogP contribution in [0.4, 0.5) is 17.1 Å². The van der Waals surface area contributed by atoms with Gasteiger partial charge in [-0.3, -0.25) is 0 Å². The summed E-state index contributed by atoms with van der Waals surface area (Å²) in [4.78, 5) is 0. The highest BCUT2D eigenvalue weighted by molar-refractivity contribution is 5.84. The summed E-state index contributed by atoms with van der Waals surface area (Å²) in [5, 5.41) is 6.44. The van der Waals surface area contributed by atoms with Crippen molar-refractivity contribution in [2.24, 2.45) is 0 Å². The number of hydrogen-bond acceptors (Lipinski definition) is 3. The van der Waals surface area contributed by atoms with Crippen molar-refractivity contribution in [2.45, 2.75) is 0 Å². The Labute approximate surface area is 154 Å². The lowest BCUT2D eigenvalue weighted by Crippen LogP contribution is -3.00. The first-order valence-corrected chi connectivity index (χ1v) is 7.97. The third-order valence-corrected chi connectivity index (χ3v) is 3.95. The Kier molecular flexibility index (Phi) is 4.91. The monoisotopic (exact) mass is 350 g/mol. The van der Waals surface area contributed by atoms with Crippen LogP contribution >= 0.6 is 0 Å². The zero-order chi connectivity index (χ0) is 16.4. The second-order valence-corrected chi connectivity index (χ2v) is 5.62. The zero-order valence-corrected chi connectivity index (χ0v) is 14.7. The fourth-order valence-corrected chi connectivity index (χ4v) is 2.89. The number of para-hydroxylation sites is 3. The molecule has 0 spiro atoms. The third kappa shape index (κ3) is 3.16. The SMILES string of the molecule is C[N+]1=CN(c2ccccc2)N(c2ccccc2)N1c1ccccc1.[Cl-]. The summed E-state index contributed by atoms with van der Waals surface area (Å²) in [5.41, 5.74) is 3.29. The molecule has 3 aromatic rings. The Balaban J connectivity index is 0.00000182. The van der Waals surface area contributed by atoms with Gasteiger partial charge in [0, 0.05) is 0 Å². The minimum atomic E-state index is 0. The molecule has 0 radical (unpaired) electrons. The van der Waals surface area contributed by atoms with Gasteiger partial charge in [0.15, 0.2) is 5.69 Å². The average Bonchev–Trinajstić information content (AvgIpc) is 3.01. The normalized spacial score (nSPS) is 13.5. The molecule has 0 aliphatic carbocycles. The number of hydrogen-bond donors (Lipinski definition) is 0. The number of anilines is 3. The molecule has 1 aliphatic heterocycles. The first-order valence-electron chi connectivity index (χ1n) is 7.97. The Bertz CT molecular complexity index is 837. The van der Waals surface area contributed by atoms with E-state index in [0.717, 1.165) is 17.1 Å². The fourth-order valence-electron chi connectivity index (χ4n) is 2.89. The van der Waals surface area contributed by atoms with Crippen LogP contribution in [0, 0.1) is 0 Å². The van der Waals surface area contributed by atoms with Gasteiger partial charge in [0.2, 0.25) is 0 Å². The van der Waals surface area contributed by atoms with Gasteiger partial charge in [0.25, 0.3) is 6.34 Å². The molecule has 0 atom stereocenters. The van der Waals surface area contributed by atoms with Crippen molar-refractivity contribution in [2.75, 3.05) is 22.3 Å². The van der Waals surface area contributed by atoms with Crippen LogP contribution in [0.25, 0.3) is 0 Å². The molecule has 0 N–H and O–H groups in total. The molecule has 126 valence electrons. The van der Waals surface area contributed by atoms with E-state index in [1.807, 2.05) is 25.2 Å². The molecular formula is C20H19ClN4. The molecule has 0 unspecified atom stereocenters. The summed E-state index contributed by atoms with van der Waals surface area (Å²) < 4.78 is 2.08. The lowest BCUT2D eigenvalue weighted by Gasteiger charge is -2.29. The molecule has 0 saturated heterocycles. The van der Waals surface area contributed by atoms with Crippen LogP contribution in [-0.2, 0) is 0 Å². The van der Waals surface area contributed by atoms with Crippen molar-refractivity contribution in [3.8, 4) is 0 Å². The maximum Gasteiger partial charge on any atom is 0.290 e. The quantitative estimate of drug-likeness (QED) is 0.653. The van der Waals surface area contributed by atoms with Crippen molar-refractivity contribution in [3.63, 3.8) is 0 Å². The van der Waals surface area contributed by atoms with Gasteiger partial charge in [-0.05, 0) is 36.4 Å². The summed E-state index contributed by atoms with van der Waals surface area (Å²) in [7, 11) is 2.05. The summed E-state index contributed by atoms with van der Waals surface area (Å²) in [5.74, 6) is 0. The van der Waals surface area contributed by atoms with Crippen molar-refractivity contribution < 1.29 is 17.1 Å². The maximum atomic E-state index is 2.16. The number of benzene rings is 3. The first-order chi connectivity index (χ1) is 11.8. The van der Waals surface area contributed by atoms with Crippen LogP contribution in [0.2, 0.25) is 0 Å². The minimum Gasteiger partial charge on any atom is -1.00 e. The van der Waals surface area contributed by atoms with Crippen LogP contribution < -0.4 is 27.7 Å². The van der Waals surface area contributed by atoms with Gasteiger partial charge in [-0.2, -0.15) is 0 Å². The molecule has 0 aromatic heterocycles. The standard InChI is InChI=1S/C20H19N4.ClH/c1-21-17-22(18-11-5-2-6-12-18)24(20-15-9-4-10-16-20)23(21)19-13-7-3-8-14-19;/h2-17H,1H3;1H/q+1;/p-1. The van der Waals surface area contributed by atoms with E-state index in [0.29, 0.717) is 0 Å². The van der Waals surface area contributed by atoms with Crippen molar-refractivity contribution in [1.82, 2.24) is 0 Å². The highest BCUT2D eigenvalue weighted by atomic mass is 35.5. The summed E-state index contributed by atoms with van der Waals surface area (Å²) >= 11 is 0. The molecule has 4 rings (SSSR count). The molecule has 0 bridgehead atoms. The van der Waals surface area contributed by atoms with Crippen molar-refractivity contribution >= 4 is 23.4 Å². The topological polar surface area (TPSA) is 12.7 Å². The van der Waals surface area contributed by atoms with E-state index in [1.54, 1.807) is 0 Å². The molecule has 1 aliphatic rings. The number of hydrazine groups is 3. The lowest BCUT2D eigenvalue weighted by molar-refractivity contribution is -0.500. The van der Waals surface area contributed by atoms with Gasteiger partial charge < -0.3 is 12.4 Å². The zero-order valence-electron chi connectivity index (χ0n) is 13.9. The van der Waals surface area contributed by atoms with E-state index in [-0.39, 0.29) is 12.4 Å². The lowest BCUT2D eigenvalue weighted by atomic mass is 10.3. The number of nitrogens with zero attached hydrogens (tertiary/aromatic N) is 4. The highest BCUT2D eigenvalue weighted by Gasteiger charge is 2.38. The maximum absolute atomic E-state index is 2.16. The Morgan fingerprint density at radius 3 is 1.56 bits per heavy atom. The molecule has 5 heteroatoms. The number of rotatable bonds is 3. The molecule has 25 heavy (non-hydrogen) atoms. The van der Waals surface area contributed by atoms with Gasteiger partial charge in [0.05, 0.1) is 0 Å². The van der Waals surface area contributed by atoms with Crippen LogP contribution in [0.3, 0.4) is 0 Å². The van der Waals surface area contributed by atoms with E-state index in [4.69, 9.17) is 0 Å². The Morgan fingerprint density at radius 1 is 0.600 bits per heavy atom. The van der Waals surface area contributed by atoms with Gasteiger partial charge in [0.1, 0.15) is 18.4 Å². The first kappa shape index (κ1) is 16.9. The molecule has 1 heterocycles. The fraction of sp³-hybridized carbons (Fsp3) is 0.0500. The summed E-state index contributed by atoms with van der Waals surface area (Å²) in [6.07, 6.45) is 2.08. The molecular weight excluding hydrogens is 332 g/mol. The molecule has 0 saturated carbocycles. The molecule has 0 amide bonds. The minimum absolute atomic E-state index is 0. The predicted molar refractivity (Wildman–Crippen MR) is 99.0 cm³/mol. The Hall–Kier alpha value is -2.98. The number of hydrazone groups is 1. The Morgan fingerprint density at radius 2 is 1.04 bits per heavy atom. The average molecular weight is 351 g/mol. The van der Waals surface area contributed by atoms with E-state index < -0.39 is 0 Å². The predicted octanol–water partition coefficient (Wildman–Crippen LogP) is 0.939. The van der Waals surface area contributed by atoms with Gasteiger partial charge in [-0.15, -0.1) is 9.69 Å². The van der Waals surface area contributed by atoms with Crippen LogP contribution in [0.15, 0.2) is 91.0 Å². The third-order valence-electron chi connectivity index (χ3n) is 3.95. The molecule has 4 nitrogen and oxygen atoms in total. The van der Waals surface area contributed by atoms with Gasteiger partial charge in [-0.25, -0.2) is 0 Å². The number of halogens is 1. The second-order valence-electron chi connectivity index (χ2n) is 5.62. The van der Waals surface area contributed by atoms with Gasteiger partial charge in [-0.1, -0.05) is 64.8 Å². The molecule has 3 aromatic carbocycles. The van der Waals surface area contributed by atoms with E-state index >= 15 is 0 Å². The van der Waals surface area contributed by atoms with Crippen molar-refractivity contribution in [3.05, 3.63) is 91.0 Å². The van der Waals surface area contributed by atoms with Crippen LogP contribution in [-0.4, -0.2) is 18.1 Å². The second kappa shape index (κ2) is 7.28. The van der Waals surface area contributed by atoms with Gasteiger partial charge >= 0.3 is 0 Å². The van der Waals surface area contributed by atoms with E-state index in [1.165, 1.54) is 0 Å². The summed E-state index contributed by atoms with van der Waals surface area (Å²) in [6, 6.07) is 31.1. The summed E-state index contributed by atoms with van der Waals surface area (Å²) in [6.45, 7) is 0. The van der Waals surface area contributed by atoms with Crippen LogP contribution in [0.5, 0.6) is 0 Å². The van der Waals surface area contributed by atoms with E-state index in [9.17, 15) is 0 Å². The van der Waals surface area contributed by atoms with Crippen LogP contribution in [0.1, 0.15) is 0 Å².